The number of fused-ring (bicyclic) bond motifs is 1. The molecule has 7 nitrogen and oxygen atoms in total. The van der Waals surface area contributed by atoms with E-state index in [0.29, 0.717) is 24.0 Å². The van der Waals surface area contributed by atoms with Crippen molar-refractivity contribution in [1.29, 1.82) is 0 Å². The Hall–Kier alpha value is -2.41. The van der Waals surface area contributed by atoms with Crippen molar-refractivity contribution in [3.63, 3.8) is 0 Å². The maximum atomic E-state index is 12.9. The molecule has 1 saturated heterocycles. The third-order valence-corrected chi connectivity index (χ3v) is 5.06. The zero-order chi connectivity index (χ0) is 18.8. The number of benzene rings is 1. The second kappa shape index (κ2) is 7.45. The van der Waals surface area contributed by atoms with Crippen molar-refractivity contribution in [3.05, 3.63) is 45.1 Å². The monoisotopic (exact) mass is 358 g/mol. The Morgan fingerprint density at radius 3 is 2.35 bits per heavy atom. The number of hydrogen-bond donors (Lipinski definition) is 0. The van der Waals surface area contributed by atoms with Gasteiger partial charge in [0.15, 0.2) is 0 Å². The summed E-state index contributed by atoms with van der Waals surface area (Å²) in [4.78, 5) is 42.4. The van der Waals surface area contributed by atoms with Crippen LogP contribution in [-0.2, 0) is 11.3 Å². The quantitative estimate of drug-likeness (QED) is 0.815. The highest BCUT2D eigenvalue weighted by Gasteiger charge is 2.22. The van der Waals surface area contributed by atoms with Gasteiger partial charge in [0, 0.05) is 32.2 Å². The minimum Gasteiger partial charge on any atom is -0.339 e. The van der Waals surface area contributed by atoms with Gasteiger partial charge in [0.2, 0.25) is 5.91 Å². The van der Waals surface area contributed by atoms with E-state index in [2.05, 4.69) is 11.8 Å². The molecular weight excluding hydrogens is 332 g/mol. The zero-order valence-electron chi connectivity index (χ0n) is 15.6. The maximum absolute atomic E-state index is 12.9. The predicted octanol–water partition coefficient (Wildman–Crippen LogP) is 0.908. The average molecular weight is 358 g/mol. The molecule has 7 heteroatoms. The first kappa shape index (κ1) is 18.4. The molecule has 1 aliphatic heterocycles. The van der Waals surface area contributed by atoms with E-state index in [9.17, 15) is 14.4 Å². The lowest BCUT2D eigenvalue weighted by Gasteiger charge is -2.34. The molecule has 0 unspecified atom stereocenters. The molecule has 140 valence electrons. The van der Waals surface area contributed by atoms with E-state index in [1.807, 2.05) is 0 Å². The van der Waals surface area contributed by atoms with E-state index in [0.717, 1.165) is 19.6 Å². The minimum atomic E-state index is -0.427. The van der Waals surface area contributed by atoms with Crippen molar-refractivity contribution >= 4 is 16.8 Å². The molecule has 2 heterocycles. The lowest BCUT2D eigenvalue weighted by atomic mass is 10.2. The summed E-state index contributed by atoms with van der Waals surface area (Å²) in [6.45, 7) is 9.68. The lowest BCUT2D eigenvalue weighted by Crippen LogP contribution is -2.50. The van der Waals surface area contributed by atoms with E-state index in [-0.39, 0.29) is 24.1 Å². The molecule has 1 aromatic carbocycles. The van der Waals surface area contributed by atoms with Crippen LogP contribution in [0.15, 0.2) is 33.9 Å². The van der Waals surface area contributed by atoms with Gasteiger partial charge >= 0.3 is 5.69 Å². The average Bonchev–Trinajstić information content (AvgIpc) is 2.65. The highest BCUT2D eigenvalue weighted by molar-refractivity contribution is 5.81. The molecule has 0 radical (unpaired) electrons. The van der Waals surface area contributed by atoms with Crippen LogP contribution in [0.1, 0.15) is 26.8 Å². The minimum absolute atomic E-state index is 0.0432. The number of likely N-dealkylation sites (N-methyl/N-ethyl adjacent to an activating group) is 1. The molecule has 1 amide bonds. The first-order chi connectivity index (χ1) is 12.4. The van der Waals surface area contributed by atoms with Gasteiger partial charge in [-0.25, -0.2) is 4.79 Å². The number of para-hydroxylation sites is 1. The van der Waals surface area contributed by atoms with Gasteiger partial charge in [-0.2, -0.15) is 0 Å². The number of amides is 1. The molecule has 0 aliphatic carbocycles. The fourth-order valence-corrected chi connectivity index (χ4v) is 3.50. The molecule has 0 spiro atoms. The summed E-state index contributed by atoms with van der Waals surface area (Å²) in [5.41, 5.74) is -0.218. The van der Waals surface area contributed by atoms with Crippen LogP contribution < -0.4 is 11.2 Å². The first-order valence-electron chi connectivity index (χ1n) is 9.18. The van der Waals surface area contributed by atoms with Gasteiger partial charge in [-0.3, -0.25) is 18.7 Å². The van der Waals surface area contributed by atoms with E-state index in [4.69, 9.17) is 0 Å². The maximum Gasteiger partial charge on any atom is 0.332 e. The van der Waals surface area contributed by atoms with Crippen molar-refractivity contribution in [2.45, 2.75) is 33.4 Å². The van der Waals surface area contributed by atoms with Crippen molar-refractivity contribution < 1.29 is 4.79 Å². The normalized spacial score (nSPS) is 15.8. The number of rotatable bonds is 4. The third-order valence-electron chi connectivity index (χ3n) is 5.06. The first-order valence-corrected chi connectivity index (χ1v) is 9.18. The SMILES string of the molecule is CCN1CCN(C(=O)Cn2c(=O)n(C(C)C)c(=O)c3ccccc32)CC1. The number of nitrogens with zero attached hydrogens (tertiary/aromatic N) is 4. The molecule has 1 aromatic heterocycles. The fourth-order valence-electron chi connectivity index (χ4n) is 3.50. The van der Waals surface area contributed by atoms with Gasteiger partial charge in [-0.1, -0.05) is 19.1 Å². The van der Waals surface area contributed by atoms with E-state index in [1.165, 1.54) is 9.13 Å². The summed E-state index contributed by atoms with van der Waals surface area (Å²) in [6, 6.07) is 6.72. The Bertz CT molecular complexity index is 921. The second-order valence-electron chi connectivity index (χ2n) is 6.97. The van der Waals surface area contributed by atoms with Crippen molar-refractivity contribution in [2.24, 2.45) is 0 Å². The Balaban J connectivity index is 1.99. The summed E-state index contributed by atoms with van der Waals surface area (Å²) in [5, 5.41) is 0.462. The Morgan fingerprint density at radius 2 is 1.73 bits per heavy atom. The second-order valence-corrected chi connectivity index (χ2v) is 6.97. The molecule has 1 aliphatic rings. The van der Waals surface area contributed by atoms with Crippen LogP contribution in [0.2, 0.25) is 0 Å². The van der Waals surface area contributed by atoms with E-state index < -0.39 is 5.69 Å². The number of piperazine rings is 1. The lowest BCUT2D eigenvalue weighted by molar-refractivity contribution is -0.133. The molecule has 3 rings (SSSR count). The predicted molar refractivity (Wildman–Crippen MR) is 102 cm³/mol. The molecule has 1 fully saturated rings. The van der Waals surface area contributed by atoms with Gasteiger partial charge < -0.3 is 9.80 Å². The van der Waals surface area contributed by atoms with Crippen LogP contribution in [0.5, 0.6) is 0 Å². The topological polar surface area (TPSA) is 67.5 Å². The van der Waals surface area contributed by atoms with Gasteiger partial charge in [0.05, 0.1) is 10.9 Å². The standard InChI is InChI=1S/C19H26N4O3/c1-4-20-9-11-21(12-10-20)17(24)13-22-16-8-6-5-7-15(16)18(25)23(14(2)3)19(22)26/h5-8,14H,4,9-13H2,1-3H3. The molecule has 0 bridgehead atoms. The number of carbonyl (C=O) groups excluding carboxylic acids is 1. The van der Waals surface area contributed by atoms with Crippen LogP contribution >= 0.6 is 0 Å². The van der Waals surface area contributed by atoms with Gasteiger partial charge in [-0.15, -0.1) is 0 Å². The Labute approximate surface area is 152 Å². The van der Waals surface area contributed by atoms with Crippen LogP contribution in [0.25, 0.3) is 10.9 Å². The van der Waals surface area contributed by atoms with E-state index in [1.54, 1.807) is 43.0 Å². The summed E-state index contributed by atoms with van der Waals surface area (Å²) in [6.07, 6.45) is 0. The number of hydrogen-bond acceptors (Lipinski definition) is 4. The molecular formula is C19H26N4O3. The third kappa shape index (κ3) is 3.31. The summed E-state index contributed by atoms with van der Waals surface area (Å²) >= 11 is 0. The summed E-state index contributed by atoms with van der Waals surface area (Å²) < 4.78 is 2.66. The van der Waals surface area contributed by atoms with Gasteiger partial charge in [-0.05, 0) is 32.5 Å². The fraction of sp³-hybridized carbons (Fsp3) is 0.526. The van der Waals surface area contributed by atoms with Crippen LogP contribution in [0, 0.1) is 0 Å². The zero-order valence-corrected chi connectivity index (χ0v) is 15.6. The number of carbonyl (C=O) groups is 1. The van der Waals surface area contributed by atoms with Crippen LogP contribution in [-0.4, -0.2) is 57.6 Å². The smallest absolute Gasteiger partial charge is 0.332 e. The Kier molecular flexibility index (Phi) is 5.27. The van der Waals surface area contributed by atoms with Gasteiger partial charge in [0.1, 0.15) is 6.54 Å². The molecule has 0 saturated carbocycles. The Morgan fingerprint density at radius 1 is 1.08 bits per heavy atom. The van der Waals surface area contributed by atoms with Crippen molar-refractivity contribution in [1.82, 2.24) is 18.9 Å². The highest BCUT2D eigenvalue weighted by atomic mass is 16.2. The summed E-state index contributed by atoms with van der Waals surface area (Å²) in [5.74, 6) is -0.0815. The largest absolute Gasteiger partial charge is 0.339 e. The van der Waals surface area contributed by atoms with Crippen molar-refractivity contribution in [2.75, 3.05) is 32.7 Å². The molecule has 2 aromatic rings. The van der Waals surface area contributed by atoms with E-state index >= 15 is 0 Å². The molecule has 26 heavy (non-hydrogen) atoms. The summed E-state index contributed by atoms with van der Waals surface area (Å²) in [7, 11) is 0. The number of aromatic nitrogens is 2. The van der Waals surface area contributed by atoms with Crippen LogP contribution in [0.4, 0.5) is 0 Å². The van der Waals surface area contributed by atoms with Gasteiger partial charge in [0.25, 0.3) is 5.56 Å². The highest BCUT2D eigenvalue weighted by Crippen LogP contribution is 2.10. The van der Waals surface area contributed by atoms with Crippen LogP contribution in [0.3, 0.4) is 0 Å². The van der Waals surface area contributed by atoms with Crippen molar-refractivity contribution in [3.8, 4) is 0 Å². The molecule has 0 N–H and O–H groups in total. The molecule has 0 atom stereocenters.